The fraction of sp³-hybridized carbons (Fsp3) is 0.667. The molecule has 1 atom stereocenters. The van der Waals surface area contributed by atoms with Gasteiger partial charge in [-0.15, -0.1) is 0 Å². The number of nitrogens with one attached hydrogen (secondary N) is 1. The van der Waals surface area contributed by atoms with Gasteiger partial charge in [0.2, 0.25) is 11.9 Å². The van der Waals surface area contributed by atoms with Gasteiger partial charge < -0.3 is 15.3 Å². The summed E-state index contributed by atoms with van der Waals surface area (Å²) in [6.45, 7) is 5.20. The molecule has 1 aromatic heterocycles. The summed E-state index contributed by atoms with van der Waals surface area (Å²) in [5.74, 6) is -0.882. The normalized spacial score (nSPS) is 22.8. The lowest BCUT2D eigenvalue weighted by atomic mass is 9.77. The Morgan fingerprint density at radius 1 is 1.35 bits per heavy atom. The van der Waals surface area contributed by atoms with Gasteiger partial charge in [0.25, 0.3) is 0 Å². The molecule has 0 aromatic carbocycles. The molecular formula is C18H27N5O3. The third-order valence-electron chi connectivity index (χ3n) is 5.73. The van der Waals surface area contributed by atoms with Crippen LogP contribution in [0.1, 0.15) is 38.2 Å². The van der Waals surface area contributed by atoms with Crippen LogP contribution in [0.25, 0.3) is 0 Å². The summed E-state index contributed by atoms with van der Waals surface area (Å²) in [7, 11) is 1.75. The van der Waals surface area contributed by atoms with Crippen LogP contribution in [0.15, 0.2) is 12.4 Å². The van der Waals surface area contributed by atoms with Crippen molar-refractivity contribution in [2.24, 2.45) is 5.92 Å². The maximum atomic E-state index is 12.1. The molecule has 142 valence electrons. The molecule has 1 unspecified atom stereocenters. The Morgan fingerprint density at radius 2 is 2.00 bits per heavy atom. The zero-order valence-electron chi connectivity index (χ0n) is 15.4. The third-order valence-corrected chi connectivity index (χ3v) is 5.73. The number of carboxylic acid groups (broad SMARTS) is 1. The molecule has 2 fully saturated rings. The van der Waals surface area contributed by atoms with E-state index >= 15 is 0 Å². The maximum Gasteiger partial charge on any atom is 0.309 e. The number of hydrogen-bond acceptors (Lipinski definition) is 6. The Morgan fingerprint density at radius 3 is 2.58 bits per heavy atom. The minimum atomic E-state index is -0.861. The molecule has 2 N–H and O–H groups in total. The number of amides is 1. The van der Waals surface area contributed by atoms with E-state index in [1.54, 1.807) is 11.9 Å². The number of nitrogens with zero attached hydrogens (tertiary/aromatic N) is 4. The number of carbonyl (C=O) groups is 2. The molecule has 0 aliphatic carbocycles. The standard InChI is InChI=1S/C18H27N5O3/c1-3-6-19-17-20-10-13(11-21-17)12-23-7-4-18(5-8-23)14(16(25)26)9-15(24)22(18)2/h10-11,14H,3-9,12H2,1-2H3,(H,25,26)(H,19,20,21). The average molecular weight is 361 g/mol. The van der Waals surface area contributed by atoms with Crippen molar-refractivity contribution in [3.05, 3.63) is 18.0 Å². The predicted molar refractivity (Wildman–Crippen MR) is 96.6 cm³/mol. The number of piperidine rings is 1. The van der Waals surface area contributed by atoms with Crippen molar-refractivity contribution in [1.29, 1.82) is 0 Å². The molecule has 2 saturated heterocycles. The van der Waals surface area contributed by atoms with Crippen LogP contribution in [0.3, 0.4) is 0 Å². The molecule has 8 heteroatoms. The van der Waals surface area contributed by atoms with Gasteiger partial charge in [-0.1, -0.05) is 6.92 Å². The number of rotatable bonds is 6. The zero-order chi connectivity index (χ0) is 18.7. The Kier molecular flexibility index (Phi) is 5.41. The van der Waals surface area contributed by atoms with E-state index in [9.17, 15) is 14.7 Å². The van der Waals surface area contributed by atoms with Crippen LogP contribution >= 0.6 is 0 Å². The number of hydrogen-bond donors (Lipinski definition) is 2. The number of aliphatic carboxylic acids is 1. The van der Waals surface area contributed by atoms with Gasteiger partial charge in [0.1, 0.15) is 0 Å². The van der Waals surface area contributed by atoms with Crippen LogP contribution in [-0.4, -0.2) is 69.0 Å². The SMILES string of the molecule is CCCNc1ncc(CN2CCC3(CC2)C(C(=O)O)CC(=O)N3C)cn1. The van der Waals surface area contributed by atoms with E-state index in [0.29, 0.717) is 18.8 Å². The molecule has 2 aliphatic heterocycles. The lowest BCUT2D eigenvalue weighted by Crippen LogP contribution is -2.55. The van der Waals surface area contributed by atoms with Crippen molar-refractivity contribution in [1.82, 2.24) is 19.8 Å². The Labute approximate surface area is 153 Å². The fourth-order valence-electron chi connectivity index (χ4n) is 4.11. The number of carbonyl (C=O) groups excluding carboxylic acids is 1. The molecule has 3 rings (SSSR count). The van der Waals surface area contributed by atoms with Crippen LogP contribution < -0.4 is 5.32 Å². The minimum absolute atomic E-state index is 0.0607. The summed E-state index contributed by atoms with van der Waals surface area (Å²) in [5, 5.41) is 12.7. The highest BCUT2D eigenvalue weighted by molar-refractivity contribution is 5.88. The summed E-state index contributed by atoms with van der Waals surface area (Å²) in [6.07, 6.45) is 6.18. The lowest BCUT2D eigenvalue weighted by Gasteiger charge is -2.45. The second kappa shape index (κ2) is 7.57. The van der Waals surface area contributed by atoms with Crippen molar-refractivity contribution < 1.29 is 14.7 Å². The van der Waals surface area contributed by atoms with Crippen molar-refractivity contribution in [2.75, 3.05) is 32.0 Å². The first-order chi connectivity index (χ1) is 12.5. The monoisotopic (exact) mass is 361 g/mol. The van der Waals surface area contributed by atoms with Crippen LogP contribution in [0, 0.1) is 5.92 Å². The first-order valence-corrected chi connectivity index (χ1v) is 9.23. The highest BCUT2D eigenvalue weighted by Crippen LogP contribution is 2.42. The molecule has 0 radical (unpaired) electrons. The smallest absolute Gasteiger partial charge is 0.309 e. The highest BCUT2D eigenvalue weighted by Gasteiger charge is 2.55. The van der Waals surface area contributed by atoms with Gasteiger partial charge in [0, 0.05) is 57.6 Å². The Hall–Kier alpha value is -2.22. The number of carboxylic acids is 1. The lowest BCUT2D eigenvalue weighted by molar-refractivity contribution is -0.146. The van der Waals surface area contributed by atoms with Gasteiger partial charge in [-0.2, -0.15) is 0 Å². The summed E-state index contributed by atoms with van der Waals surface area (Å²) in [4.78, 5) is 36.3. The molecule has 1 aromatic rings. The molecule has 1 amide bonds. The predicted octanol–water partition coefficient (Wildman–Crippen LogP) is 1.20. The van der Waals surface area contributed by atoms with E-state index in [-0.39, 0.29) is 12.3 Å². The fourth-order valence-corrected chi connectivity index (χ4v) is 4.11. The third kappa shape index (κ3) is 3.51. The van der Waals surface area contributed by atoms with Crippen molar-refractivity contribution in [3.63, 3.8) is 0 Å². The molecule has 8 nitrogen and oxygen atoms in total. The van der Waals surface area contributed by atoms with E-state index in [2.05, 4.69) is 27.1 Å². The minimum Gasteiger partial charge on any atom is -0.481 e. The van der Waals surface area contributed by atoms with Crippen LogP contribution in [0.4, 0.5) is 5.95 Å². The van der Waals surface area contributed by atoms with Crippen molar-refractivity contribution in [3.8, 4) is 0 Å². The summed E-state index contributed by atoms with van der Waals surface area (Å²) < 4.78 is 0. The molecule has 0 bridgehead atoms. The van der Waals surface area contributed by atoms with E-state index in [1.165, 1.54) is 0 Å². The van der Waals surface area contributed by atoms with Crippen LogP contribution in [0.2, 0.25) is 0 Å². The van der Waals surface area contributed by atoms with E-state index in [0.717, 1.165) is 38.2 Å². The van der Waals surface area contributed by atoms with Gasteiger partial charge in [-0.25, -0.2) is 9.97 Å². The quantitative estimate of drug-likeness (QED) is 0.785. The first-order valence-electron chi connectivity index (χ1n) is 9.23. The summed E-state index contributed by atoms with van der Waals surface area (Å²) in [5.41, 5.74) is 0.498. The van der Waals surface area contributed by atoms with E-state index in [4.69, 9.17) is 0 Å². The maximum absolute atomic E-state index is 12.1. The van der Waals surface area contributed by atoms with Crippen LogP contribution in [0.5, 0.6) is 0 Å². The molecular weight excluding hydrogens is 334 g/mol. The van der Waals surface area contributed by atoms with E-state index < -0.39 is 17.4 Å². The molecule has 3 heterocycles. The number of likely N-dealkylation sites (tertiary alicyclic amines) is 2. The Bertz CT molecular complexity index is 655. The first kappa shape index (κ1) is 18.6. The zero-order valence-corrected chi connectivity index (χ0v) is 15.4. The van der Waals surface area contributed by atoms with Gasteiger partial charge in [0.15, 0.2) is 0 Å². The van der Waals surface area contributed by atoms with Crippen LogP contribution in [-0.2, 0) is 16.1 Å². The Balaban J connectivity index is 1.60. The second-order valence-corrected chi connectivity index (χ2v) is 7.27. The van der Waals surface area contributed by atoms with Gasteiger partial charge in [-0.3, -0.25) is 14.5 Å². The molecule has 1 spiro atoms. The number of aromatic nitrogens is 2. The van der Waals surface area contributed by atoms with Gasteiger partial charge in [-0.05, 0) is 19.3 Å². The average Bonchev–Trinajstić information content (AvgIpc) is 2.88. The molecule has 0 saturated carbocycles. The highest BCUT2D eigenvalue weighted by atomic mass is 16.4. The summed E-state index contributed by atoms with van der Waals surface area (Å²) >= 11 is 0. The topological polar surface area (TPSA) is 98.7 Å². The van der Waals surface area contributed by atoms with Crippen molar-refractivity contribution >= 4 is 17.8 Å². The number of anilines is 1. The summed E-state index contributed by atoms with van der Waals surface area (Å²) in [6, 6.07) is 0. The second-order valence-electron chi connectivity index (χ2n) is 7.27. The largest absolute Gasteiger partial charge is 0.481 e. The van der Waals surface area contributed by atoms with Gasteiger partial charge >= 0.3 is 5.97 Å². The van der Waals surface area contributed by atoms with Gasteiger partial charge in [0.05, 0.1) is 11.5 Å². The molecule has 2 aliphatic rings. The van der Waals surface area contributed by atoms with E-state index in [1.807, 2.05) is 12.4 Å². The molecule has 26 heavy (non-hydrogen) atoms. The van der Waals surface area contributed by atoms with Crippen molar-refractivity contribution in [2.45, 2.75) is 44.7 Å².